The maximum atomic E-state index is 10.5. The molecule has 0 saturated carbocycles. The molecular weight excluding hydrogens is 256 g/mol. The number of aliphatic carboxylic acids is 1. The van der Waals surface area contributed by atoms with Crippen molar-refractivity contribution in [1.82, 2.24) is 0 Å². The van der Waals surface area contributed by atoms with Crippen molar-refractivity contribution in [3.05, 3.63) is 35.9 Å². The van der Waals surface area contributed by atoms with Crippen LogP contribution >= 0.6 is 0 Å². The Morgan fingerprint density at radius 2 is 2.40 bits per heavy atom. The summed E-state index contributed by atoms with van der Waals surface area (Å²) in [6.45, 7) is 1.55. The lowest BCUT2D eigenvalue weighted by atomic mass is 10.1. The summed E-state index contributed by atoms with van der Waals surface area (Å²) in [7, 11) is 0. The standard InChI is InChI=1S/C16H20O4/c17-16(18)9-8-13-4-1-5-15(12-13)20-11-3-7-14-6-2-10-19-14/h1,4-5,8-9,12,14H,2-3,6-7,10-11H2,(H,17,18). The first-order chi connectivity index (χ1) is 9.74. The quantitative estimate of drug-likeness (QED) is 0.614. The topological polar surface area (TPSA) is 55.8 Å². The predicted molar refractivity (Wildman–Crippen MR) is 76.8 cm³/mol. The monoisotopic (exact) mass is 276 g/mol. The normalized spacial score (nSPS) is 18.5. The zero-order valence-corrected chi connectivity index (χ0v) is 11.5. The van der Waals surface area contributed by atoms with Gasteiger partial charge in [-0.15, -0.1) is 0 Å². The van der Waals surface area contributed by atoms with Crippen molar-refractivity contribution < 1.29 is 19.4 Å². The molecule has 1 saturated heterocycles. The van der Waals surface area contributed by atoms with Gasteiger partial charge in [0.05, 0.1) is 12.7 Å². The minimum Gasteiger partial charge on any atom is -0.494 e. The summed E-state index contributed by atoms with van der Waals surface area (Å²) in [5, 5.41) is 8.59. The summed E-state index contributed by atoms with van der Waals surface area (Å²) in [6, 6.07) is 7.42. The summed E-state index contributed by atoms with van der Waals surface area (Å²) in [5.74, 6) is -0.183. The Morgan fingerprint density at radius 1 is 1.50 bits per heavy atom. The van der Waals surface area contributed by atoms with Crippen molar-refractivity contribution >= 4 is 12.0 Å². The van der Waals surface area contributed by atoms with E-state index in [0.717, 1.165) is 43.3 Å². The van der Waals surface area contributed by atoms with Gasteiger partial charge < -0.3 is 14.6 Å². The van der Waals surface area contributed by atoms with Crippen LogP contribution in [0.15, 0.2) is 30.3 Å². The van der Waals surface area contributed by atoms with Crippen molar-refractivity contribution in [2.75, 3.05) is 13.2 Å². The third-order valence-corrected chi connectivity index (χ3v) is 3.24. The van der Waals surface area contributed by atoms with Gasteiger partial charge in [0, 0.05) is 12.7 Å². The zero-order valence-electron chi connectivity index (χ0n) is 11.5. The van der Waals surface area contributed by atoms with Gasteiger partial charge in [-0.2, -0.15) is 0 Å². The number of hydrogen-bond donors (Lipinski definition) is 1. The fraction of sp³-hybridized carbons (Fsp3) is 0.438. The fourth-order valence-corrected chi connectivity index (χ4v) is 2.25. The van der Waals surface area contributed by atoms with Gasteiger partial charge in [-0.3, -0.25) is 0 Å². The maximum Gasteiger partial charge on any atom is 0.328 e. The molecule has 1 fully saturated rings. The molecule has 1 aromatic rings. The number of rotatable bonds is 7. The van der Waals surface area contributed by atoms with E-state index < -0.39 is 5.97 Å². The first-order valence-electron chi connectivity index (χ1n) is 6.99. The molecule has 4 nitrogen and oxygen atoms in total. The summed E-state index contributed by atoms with van der Waals surface area (Å²) in [6.07, 6.45) is 7.43. The molecule has 0 amide bonds. The van der Waals surface area contributed by atoms with Crippen LogP contribution in [0.2, 0.25) is 0 Å². The van der Waals surface area contributed by atoms with Crippen LogP contribution < -0.4 is 4.74 Å². The number of ether oxygens (including phenoxy) is 2. The van der Waals surface area contributed by atoms with E-state index in [2.05, 4.69) is 0 Å². The summed E-state index contributed by atoms with van der Waals surface area (Å²) in [4.78, 5) is 10.5. The van der Waals surface area contributed by atoms with Gasteiger partial charge in [0.1, 0.15) is 5.75 Å². The predicted octanol–water partition coefficient (Wildman–Crippen LogP) is 3.12. The second kappa shape index (κ2) is 7.70. The van der Waals surface area contributed by atoms with E-state index >= 15 is 0 Å². The van der Waals surface area contributed by atoms with E-state index in [0.29, 0.717) is 12.7 Å². The average Bonchev–Trinajstić information content (AvgIpc) is 2.95. The van der Waals surface area contributed by atoms with E-state index in [1.807, 2.05) is 24.3 Å². The smallest absolute Gasteiger partial charge is 0.328 e. The number of carboxylic acids is 1. The van der Waals surface area contributed by atoms with Gasteiger partial charge in [-0.1, -0.05) is 12.1 Å². The zero-order chi connectivity index (χ0) is 14.2. The molecule has 1 aliphatic rings. The summed E-state index contributed by atoms with van der Waals surface area (Å²) < 4.78 is 11.2. The second-order valence-electron chi connectivity index (χ2n) is 4.87. The van der Waals surface area contributed by atoms with E-state index in [-0.39, 0.29) is 0 Å². The minimum absolute atomic E-state index is 0.406. The molecule has 20 heavy (non-hydrogen) atoms. The molecule has 1 unspecified atom stereocenters. The molecule has 4 heteroatoms. The molecule has 1 heterocycles. The molecular formula is C16H20O4. The first kappa shape index (κ1) is 14.6. The van der Waals surface area contributed by atoms with Gasteiger partial charge in [0.2, 0.25) is 0 Å². The highest BCUT2D eigenvalue weighted by Crippen LogP contribution is 2.18. The van der Waals surface area contributed by atoms with Crippen LogP contribution in [0.1, 0.15) is 31.2 Å². The average molecular weight is 276 g/mol. The van der Waals surface area contributed by atoms with Gasteiger partial charge in [0.15, 0.2) is 0 Å². The van der Waals surface area contributed by atoms with Crippen molar-refractivity contribution in [1.29, 1.82) is 0 Å². The van der Waals surface area contributed by atoms with Crippen LogP contribution in [0, 0.1) is 0 Å². The van der Waals surface area contributed by atoms with Crippen LogP contribution in [0.3, 0.4) is 0 Å². The molecule has 0 aromatic heterocycles. The molecule has 0 radical (unpaired) electrons. The van der Waals surface area contributed by atoms with Crippen molar-refractivity contribution in [2.45, 2.75) is 31.8 Å². The van der Waals surface area contributed by atoms with Crippen LogP contribution in [-0.2, 0) is 9.53 Å². The highest BCUT2D eigenvalue weighted by atomic mass is 16.5. The molecule has 1 aliphatic heterocycles. The number of benzene rings is 1. The second-order valence-corrected chi connectivity index (χ2v) is 4.87. The van der Waals surface area contributed by atoms with Crippen LogP contribution in [-0.4, -0.2) is 30.4 Å². The Bertz CT molecular complexity index is 461. The molecule has 0 bridgehead atoms. The summed E-state index contributed by atoms with van der Waals surface area (Å²) >= 11 is 0. The Kier molecular flexibility index (Phi) is 5.62. The highest BCUT2D eigenvalue weighted by molar-refractivity contribution is 5.85. The molecule has 2 rings (SSSR count). The lowest BCUT2D eigenvalue weighted by molar-refractivity contribution is -0.131. The summed E-state index contributed by atoms with van der Waals surface area (Å²) in [5.41, 5.74) is 0.823. The van der Waals surface area contributed by atoms with Crippen LogP contribution in [0.25, 0.3) is 6.08 Å². The van der Waals surface area contributed by atoms with E-state index in [4.69, 9.17) is 14.6 Å². The molecule has 0 aliphatic carbocycles. The van der Waals surface area contributed by atoms with Crippen LogP contribution in [0.5, 0.6) is 5.75 Å². The van der Waals surface area contributed by atoms with E-state index in [1.54, 1.807) is 6.08 Å². The number of carboxylic acid groups (broad SMARTS) is 1. The van der Waals surface area contributed by atoms with Crippen molar-refractivity contribution in [3.63, 3.8) is 0 Å². The molecule has 1 N–H and O–H groups in total. The lowest BCUT2D eigenvalue weighted by Gasteiger charge is -2.10. The SMILES string of the molecule is O=C(O)C=Cc1cccc(OCCCC2CCCO2)c1. The molecule has 0 spiro atoms. The molecule has 1 aromatic carbocycles. The molecule has 108 valence electrons. The Balaban J connectivity index is 1.74. The molecule has 1 atom stereocenters. The lowest BCUT2D eigenvalue weighted by Crippen LogP contribution is -2.07. The minimum atomic E-state index is -0.951. The largest absolute Gasteiger partial charge is 0.494 e. The Morgan fingerprint density at radius 3 is 3.15 bits per heavy atom. The van der Waals surface area contributed by atoms with Crippen molar-refractivity contribution in [2.24, 2.45) is 0 Å². The van der Waals surface area contributed by atoms with Gasteiger partial charge >= 0.3 is 5.97 Å². The third-order valence-electron chi connectivity index (χ3n) is 3.24. The highest BCUT2D eigenvalue weighted by Gasteiger charge is 2.14. The maximum absolute atomic E-state index is 10.5. The number of carbonyl (C=O) groups is 1. The number of hydrogen-bond acceptors (Lipinski definition) is 3. The van der Waals surface area contributed by atoms with Gasteiger partial charge in [-0.25, -0.2) is 4.79 Å². The van der Waals surface area contributed by atoms with E-state index in [1.165, 1.54) is 6.42 Å². The van der Waals surface area contributed by atoms with Gasteiger partial charge in [0.25, 0.3) is 0 Å². The Hall–Kier alpha value is -1.81. The Labute approximate surface area is 119 Å². The first-order valence-corrected chi connectivity index (χ1v) is 6.99. The van der Waals surface area contributed by atoms with Crippen molar-refractivity contribution in [3.8, 4) is 5.75 Å². The van der Waals surface area contributed by atoms with E-state index in [9.17, 15) is 4.79 Å². The fourth-order valence-electron chi connectivity index (χ4n) is 2.25. The van der Waals surface area contributed by atoms with Crippen LogP contribution in [0.4, 0.5) is 0 Å². The van der Waals surface area contributed by atoms with Gasteiger partial charge in [-0.05, 0) is 49.5 Å². The third kappa shape index (κ3) is 5.05.